The minimum Gasteiger partial charge on any atom is -0.370 e. The molecule has 2 aliphatic heterocycles. The van der Waals surface area contributed by atoms with E-state index in [-0.39, 0.29) is 30.8 Å². The SMILES string of the molecule is Cc1nccn1CC(=O)N1CCC([C@@H]2CN(c3ccc(C#N)c(C(F)(F)F)c3)C[C@H]2C(N)=O)CC1. The molecule has 2 saturated heterocycles. The van der Waals surface area contributed by atoms with E-state index in [9.17, 15) is 22.8 Å². The minimum atomic E-state index is -4.65. The number of rotatable bonds is 5. The summed E-state index contributed by atoms with van der Waals surface area (Å²) in [5.41, 5.74) is 4.57. The molecule has 0 saturated carbocycles. The van der Waals surface area contributed by atoms with Crippen LogP contribution in [-0.2, 0) is 22.3 Å². The van der Waals surface area contributed by atoms with Gasteiger partial charge in [-0.25, -0.2) is 4.98 Å². The van der Waals surface area contributed by atoms with Gasteiger partial charge in [0.2, 0.25) is 11.8 Å². The fourth-order valence-corrected chi connectivity index (χ4v) is 5.27. The third-order valence-electron chi connectivity index (χ3n) is 7.25. The Balaban J connectivity index is 1.44. The number of carbonyl (C=O) groups is 2. The van der Waals surface area contributed by atoms with E-state index in [0.717, 1.165) is 18.0 Å². The van der Waals surface area contributed by atoms with Crippen molar-refractivity contribution >= 4 is 17.5 Å². The third-order valence-corrected chi connectivity index (χ3v) is 7.25. The molecule has 0 bridgehead atoms. The van der Waals surface area contributed by atoms with Gasteiger partial charge in [-0.2, -0.15) is 18.4 Å². The van der Waals surface area contributed by atoms with E-state index in [4.69, 9.17) is 11.0 Å². The number of benzene rings is 1. The molecule has 2 aromatic rings. The van der Waals surface area contributed by atoms with E-state index in [1.807, 2.05) is 6.92 Å². The topological polar surface area (TPSA) is 108 Å². The van der Waals surface area contributed by atoms with Crippen molar-refractivity contribution < 1.29 is 22.8 Å². The summed E-state index contributed by atoms with van der Waals surface area (Å²) in [5.74, 6) is -0.207. The Bertz CT molecular complexity index is 1150. The van der Waals surface area contributed by atoms with E-state index in [1.165, 1.54) is 6.07 Å². The zero-order valence-electron chi connectivity index (χ0n) is 19.3. The van der Waals surface area contributed by atoms with Crippen molar-refractivity contribution in [3.8, 4) is 6.07 Å². The molecule has 0 unspecified atom stereocenters. The molecule has 2 fully saturated rings. The number of nitriles is 1. The minimum absolute atomic E-state index is 0.00122. The van der Waals surface area contributed by atoms with Crippen LogP contribution in [0, 0.1) is 36.0 Å². The zero-order valence-corrected chi connectivity index (χ0v) is 19.3. The molecular formula is C24H27F3N6O2. The number of nitrogens with two attached hydrogens (primary N) is 1. The lowest BCUT2D eigenvalue weighted by Crippen LogP contribution is -2.43. The van der Waals surface area contributed by atoms with Crippen LogP contribution in [0.4, 0.5) is 18.9 Å². The molecule has 1 aromatic heterocycles. The van der Waals surface area contributed by atoms with Crippen molar-refractivity contribution in [3.05, 3.63) is 47.5 Å². The Morgan fingerprint density at radius 3 is 2.51 bits per heavy atom. The fraction of sp³-hybridized carbons (Fsp3) is 0.500. The van der Waals surface area contributed by atoms with Gasteiger partial charge in [-0.3, -0.25) is 9.59 Å². The number of alkyl halides is 3. The first-order valence-electron chi connectivity index (χ1n) is 11.5. The van der Waals surface area contributed by atoms with Gasteiger partial charge in [-0.15, -0.1) is 0 Å². The number of amides is 2. The number of carbonyl (C=O) groups excluding carboxylic acids is 2. The van der Waals surface area contributed by atoms with Gasteiger partial charge in [0.05, 0.1) is 23.1 Å². The van der Waals surface area contributed by atoms with Gasteiger partial charge in [0.1, 0.15) is 12.4 Å². The molecule has 35 heavy (non-hydrogen) atoms. The molecule has 3 heterocycles. The monoisotopic (exact) mass is 488 g/mol. The van der Waals surface area contributed by atoms with Crippen molar-refractivity contribution in [2.45, 2.75) is 32.5 Å². The quantitative estimate of drug-likeness (QED) is 0.696. The van der Waals surface area contributed by atoms with Crippen LogP contribution in [0.25, 0.3) is 0 Å². The Morgan fingerprint density at radius 2 is 1.94 bits per heavy atom. The third kappa shape index (κ3) is 5.11. The van der Waals surface area contributed by atoms with Crippen molar-refractivity contribution in [2.24, 2.45) is 23.5 Å². The average Bonchev–Trinajstić information content (AvgIpc) is 3.45. The number of anilines is 1. The highest BCUT2D eigenvalue weighted by atomic mass is 19.4. The molecule has 0 aliphatic carbocycles. The molecule has 2 aliphatic rings. The van der Waals surface area contributed by atoms with E-state index < -0.39 is 29.1 Å². The van der Waals surface area contributed by atoms with Crippen LogP contribution in [0.3, 0.4) is 0 Å². The first-order chi connectivity index (χ1) is 16.6. The van der Waals surface area contributed by atoms with Gasteiger partial charge in [0.15, 0.2) is 0 Å². The number of aromatic nitrogens is 2. The summed E-state index contributed by atoms with van der Waals surface area (Å²) in [6.45, 7) is 3.77. The van der Waals surface area contributed by atoms with E-state index in [0.29, 0.717) is 38.2 Å². The molecular weight excluding hydrogens is 461 g/mol. The molecule has 0 spiro atoms. The summed E-state index contributed by atoms with van der Waals surface area (Å²) in [6, 6.07) is 5.20. The summed E-state index contributed by atoms with van der Waals surface area (Å²) >= 11 is 0. The molecule has 2 N–H and O–H groups in total. The maximum Gasteiger partial charge on any atom is 0.417 e. The Morgan fingerprint density at radius 1 is 1.23 bits per heavy atom. The highest BCUT2D eigenvalue weighted by molar-refractivity contribution is 5.79. The maximum absolute atomic E-state index is 13.4. The number of imidazole rings is 1. The van der Waals surface area contributed by atoms with Gasteiger partial charge in [-0.05, 0) is 49.8 Å². The summed E-state index contributed by atoms with van der Waals surface area (Å²) in [6.07, 6.45) is 0.141. The summed E-state index contributed by atoms with van der Waals surface area (Å²) in [7, 11) is 0. The standard InChI is InChI=1S/C24H27F3N6O2/c1-15-30-6-9-32(15)14-22(34)31-7-4-16(5-8-31)19-12-33(13-20(19)23(29)35)18-3-2-17(11-28)21(10-18)24(25,26)27/h2-3,6,9-10,16,19-20H,4-5,7-8,12-14H2,1H3,(H2,29,35)/t19-,20+/m0/s1. The summed E-state index contributed by atoms with van der Waals surface area (Å²) in [5, 5.41) is 9.05. The number of piperidine rings is 1. The number of halogens is 3. The number of hydrogen-bond acceptors (Lipinski definition) is 5. The van der Waals surface area contributed by atoms with Crippen molar-refractivity contribution in [3.63, 3.8) is 0 Å². The molecule has 2 atom stereocenters. The lowest BCUT2D eigenvalue weighted by atomic mass is 9.78. The fourth-order valence-electron chi connectivity index (χ4n) is 5.27. The summed E-state index contributed by atoms with van der Waals surface area (Å²) < 4.78 is 42.1. The van der Waals surface area contributed by atoms with Crippen molar-refractivity contribution in [1.29, 1.82) is 5.26 Å². The number of hydrogen-bond donors (Lipinski definition) is 1. The maximum atomic E-state index is 13.4. The predicted molar refractivity (Wildman–Crippen MR) is 121 cm³/mol. The molecule has 11 heteroatoms. The largest absolute Gasteiger partial charge is 0.417 e. The number of aryl methyl sites for hydroxylation is 1. The average molecular weight is 489 g/mol. The van der Waals surface area contributed by atoms with Crippen LogP contribution >= 0.6 is 0 Å². The van der Waals surface area contributed by atoms with Gasteiger partial charge in [-0.1, -0.05) is 0 Å². The first-order valence-corrected chi connectivity index (χ1v) is 11.5. The van der Waals surface area contributed by atoms with Crippen molar-refractivity contribution in [1.82, 2.24) is 14.5 Å². The Kier molecular flexibility index (Phi) is 6.74. The molecule has 2 amide bonds. The van der Waals surface area contributed by atoms with Crippen LogP contribution in [0.15, 0.2) is 30.6 Å². The van der Waals surface area contributed by atoms with E-state index in [2.05, 4.69) is 4.98 Å². The number of primary amides is 1. The highest BCUT2D eigenvalue weighted by Crippen LogP contribution is 2.40. The number of likely N-dealkylation sites (tertiary alicyclic amines) is 1. The zero-order chi connectivity index (χ0) is 25.3. The lowest BCUT2D eigenvalue weighted by Gasteiger charge is -2.36. The van der Waals surface area contributed by atoms with E-state index >= 15 is 0 Å². The van der Waals surface area contributed by atoms with E-state index in [1.54, 1.807) is 32.8 Å². The Labute approximate surface area is 201 Å². The molecule has 4 rings (SSSR count). The van der Waals surface area contributed by atoms with Gasteiger partial charge < -0.3 is 20.1 Å². The lowest BCUT2D eigenvalue weighted by molar-refractivity contribution is -0.137. The Hall–Kier alpha value is -3.55. The van der Waals surface area contributed by atoms with Crippen LogP contribution in [-0.4, -0.2) is 52.4 Å². The second-order valence-electron chi connectivity index (χ2n) is 9.24. The van der Waals surface area contributed by atoms with Crippen LogP contribution in [0.1, 0.15) is 29.8 Å². The second-order valence-corrected chi connectivity index (χ2v) is 9.24. The normalized spacial score (nSPS) is 21.2. The molecule has 0 radical (unpaired) electrons. The van der Waals surface area contributed by atoms with Crippen molar-refractivity contribution in [2.75, 3.05) is 31.1 Å². The molecule has 1 aromatic carbocycles. The first kappa shape index (κ1) is 24.6. The second kappa shape index (κ2) is 9.60. The molecule has 186 valence electrons. The van der Waals surface area contributed by atoms with Crippen LogP contribution in [0.5, 0.6) is 0 Å². The summed E-state index contributed by atoms with van der Waals surface area (Å²) in [4.78, 5) is 32.6. The smallest absolute Gasteiger partial charge is 0.370 e. The molecule has 8 nitrogen and oxygen atoms in total. The predicted octanol–water partition coefficient (Wildman–Crippen LogP) is 2.56. The van der Waals surface area contributed by atoms with Crippen LogP contribution < -0.4 is 10.6 Å². The highest BCUT2D eigenvalue weighted by Gasteiger charge is 2.43. The van der Waals surface area contributed by atoms with Crippen LogP contribution in [0.2, 0.25) is 0 Å². The van der Waals surface area contributed by atoms with Gasteiger partial charge in [0, 0.05) is 44.3 Å². The van der Waals surface area contributed by atoms with Gasteiger partial charge >= 0.3 is 6.18 Å². The van der Waals surface area contributed by atoms with Gasteiger partial charge in [0.25, 0.3) is 0 Å². The number of nitrogens with zero attached hydrogens (tertiary/aromatic N) is 5.